The van der Waals surface area contributed by atoms with Crippen molar-refractivity contribution in [1.29, 1.82) is 0 Å². The summed E-state index contributed by atoms with van der Waals surface area (Å²) in [6.07, 6.45) is -0.114. The lowest BCUT2D eigenvalue weighted by atomic mass is 10.1. The molecule has 0 radical (unpaired) electrons. The van der Waals surface area contributed by atoms with Crippen LogP contribution in [-0.4, -0.2) is 59.6 Å². The Labute approximate surface area is 166 Å². The van der Waals surface area contributed by atoms with Crippen molar-refractivity contribution in [3.8, 4) is 17.2 Å². The summed E-state index contributed by atoms with van der Waals surface area (Å²) in [5, 5.41) is 0. The maximum atomic E-state index is 12.7. The Kier molecular flexibility index (Phi) is 6.94. The molecule has 0 spiro atoms. The summed E-state index contributed by atoms with van der Waals surface area (Å²) < 4.78 is 27.5. The molecule has 0 aromatic heterocycles. The zero-order valence-electron chi connectivity index (χ0n) is 17.5. The van der Waals surface area contributed by atoms with Crippen LogP contribution >= 0.6 is 0 Å². The van der Waals surface area contributed by atoms with Crippen molar-refractivity contribution < 1.29 is 33.0 Å². The summed E-state index contributed by atoms with van der Waals surface area (Å²) in [6, 6.07) is 2.79. The molecule has 1 aromatic carbocycles. The van der Waals surface area contributed by atoms with Gasteiger partial charge in [0.25, 0.3) is 0 Å². The predicted molar refractivity (Wildman–Crippen MR) is 105 cm³/mol. The molecule has 156 valence electrons. The van der Waals surface area contributed by atoms with E-state index in [-0.39, 0.29) is 12.3 Å². The van der Waals surface area contributed by atoms with Gasteiger partial charge in [-0.2, -0.15) is 0 Å². The number of benzene rings is 1. The Morgan fingerprint density at radius 2 is 1.64 bits per heavy atom. The Bertz CT molecular complexity index is 706. The summed E-state index contributed by atoms with van der Waals surface area (Å²) in [4.78, 5) is 26.5. The minimum atomic E-state index is -2.11. The average Bonchev–Trinajstić information content (AvgIpc) is 3.04. The molecule has 1 aliphatic rings. The Morgan fingerprint density at radius 3 is 2.07 bits per heavy atom. The molecule has 28 heavy (non-hydrogen) atoms. The van der Waals surface area contributed by atoms with Gasteiger partial charge < -0.3 is 23.4 Å². The molecule has 0 N–H and O–H groups in total. The number of hydrogen-bond acceptors (Lipinski definition) is 7. The van der Waals surface area contributed by atoms with Gasteiger partial charge in [-0.05, 0) is 38.2 Å². The lowest BCUT2D eigenvalue weighted by Gasteiger charge is -2.36. The van der Waals surface area contributed by atoms with Crippen molar-refractivity contribution in [1.82, 2.24) is 4.90 Å². The van der Waals surface area contributed by atoms with Crippen LogP contribution in [0, 0.1) is 0 Å². The topological polar surface area (TPSA) is 83.5 Å². The van der Waals surface area contributed by atoms with Gasteiger partial charge in [0.1, 0.15) is 12.3 Å². The lowest BCUT2D eigenvalue weighted by Crippen LogP contribution is -2.45. The standard InChI is InChI=1S/C19H29NO7Si/c1-23-14-10-12(11-15(24-2)17(14)25-3)18(27-28(5,6)7)20-13(19(22)26-4)8-9-16(20)21/h10-11,13,18H,8-9H2,1-7H3/t13-,18+/m0/s1. The van der Waals surface area contributed by atoms with Crippen molar-refractivity contribution in [2.45, 2.75) is 44.8 Å². The number of methoxy groups -OCH3 is 4. The Balaban J connectivity index is 2.61. The van der Waals surface area contributed by atoms with Crippen molar-refractivity contribution >= 4 is 20.2 Å². The van der Waals surface area contributed by atoms with Crippen molar-refractivity contribution in [2.75, 3.05) is 28.4 Å². The van der Waals surface area contributed by atoms with E-state index < -0.39 is 26.6 Å². The Morgan fingerprint density at radius 1 is 1.07 bits per heavy atom. The highest BCUT2D eigenvalue weighted by atomic mass is 28.4. The third-order valence-corrected chi connectivity index (χ3v) is 5.35. The summed E-state index contributed by atoms with van der Waals surface area (Å²) in [5.41, 5.74) is 0.640. The molecule has 8 nitrogen and oxygen atoms in total. The maximum absolute atomic E-state index is 12.7. The number of amides is 1. The summed E-state index contributed by atoms with van der Waals surface area (Å²) in [6.45, 7) is 6.06. The van der Waals surface area contributed by atoms with Gasteiger partial charge in [-0.25, -0.2) is 4.79 Å². The molecular formula is C19H29NO7Si. The van der Waals surface area contributed by atoms with Crippen LogP contribution in [0.15, 0.2) is 12.1 Å². The number of rotatable bonds is 8. The van der Waals surface area contributed by atoms with Crippen LogP contribution < -0.4 is 14.2 Å². The largest absolute Gasteiger partial charge is 0.493 e. The normalized spacial score (nSPS) is 18.0. The van der Waals surface area contributed by atoms with E-state index in [1.54, 1.807) is 12.1 Å². The maximum Gasteiger partial charge on any atom is 0.328 e. The van der Waals surface area contributed by atoms with Gasteiger partial charge in [0.05, 0.1) is 28.4 Å². The summed E-state index contributed by atoms with van der Waals surface area (Å²) >= 11 is 0. The van der Waals surface area contributed by atoms with Crippen molar-refractivity contribution in [2.24, 2.45) is 0 Å². The molecular weight excluding hydrogens is 382 g/mol. The zero-order chi connectivity index (χ0) is 21.1. The molecule has 0 bridgehead atoms. The number of likely N-dealkylation sites (tertiary alicyclic amines) is 1. The van der Waals surface area contributed by atoms with Crippen LogP contribution in [0.25, 0.3) is 0 Å². The first-order valence-corrected chi connectivity index (χ1v) is 12.4. The van der Waals surface area contributed by atoms with E-state index in [0.29, 0.717) is 29.2 Å². The van der Waals surface area contributed by atoms with Crippen LogP contribution in [-0.2, 0) is 18.8 Å². The van der Waals surface area contributed by atoms with Gasteiger partial charge in [-0.1, -0.05) is 0 Å². The molecule has 1 fully saturated rings. The Hall–Kier alpha value is -2.26. The van der Waals surface area contributed by atoms with Crippen LogP contribution in [0.5, 0.6) is 17.2 Å². The van der Waals surface area contributed by atoms with Crippen LogP contribution in [0.2, 0.25) is 19.6 Å². The first-order valence-electron chi connectivity index (χ1n) is 9.03. The molecule has 1 amide bonds. The molecule has 0 aliphatic carbocycles. The van der Waals surface area contributed by atoms with Gasteiger partial charge in [0, 0.05) is 12.0 Å². The SMILES string of the molecule is COC(=O)[C@@H]1CCC(=O)N1[C@H](O[Si](C)(C)C)c1cc(OC)c(OC)c(OC)c1. The smallest absolute Gasteiger partial charge is 0.328 e. The van der Waals surface area contributed by atoms with Gasteiger partial charge >= 0.3 is 5.97 Å². The van der Waals surface area contributed by atoms with E-state index >= 15 is 0 Å². The zero-order valence-corrected chi connectivity index (χ0v) is 18.5. The number of esters is 1. The van der Waals surface area contributed by atoms with E-state index in [4.69, 9.17) is 23.4 Å². The molecule has 1 aliphatic heterocycles. The first kappa shape index (κ1) is 22.0. The van der Waals surface area contributed by atoms with Gasteiger partial charge in [-0.15, -0.1) is 0 Å². The third-order valence-electron chi connectivity index (χ3n) is 4.42. The number of carbonyl (C=O) groups excluding carboxylic acids is 2. The number of hydrogen-bond donors (Lipinski definition) is 0. The average molecular weight is 412 g/mol. The number of carbonyl (C=O) groups is 2. The molecule has 1 heterocycles. The van der Waals surface area contributed by atoms with E-state index in [2.05, 4.69) is 0 Å². The van der Waals surface area contributed by atoms with Crippen molar-refractivity contribution in [3.63, 3.8) is 0 Å². The highest BCUT2D eigenvalue weighted by Crippen LogP contribution is 2.43. The van der Waals surface area contributed by atoms with Gasteiger partial charge in [-0.3, -0.25) is 9.69 Å². The molecule has 9 heteroatoms. The number of ether oxygens (including phenoxy) is 4. The van der Waals surface area contributed by atoms with E-state index in [1.807, 2.05) is 19.6 Å². The van der Waals surface area contributed by atoms with Crippen LogP contribution in [0.3, 0.4) is 0 Å². The van der Waals surface area contributed by atoms with E-state index in [1.165, 1.54) is 33.3 Å². The monoisotopic (exact) mass is 411 g/mol. The molecule has 2 atom stereocenters. The van der Waals surface area contributed by atoms with Crippen LogP contribution in [0.4, 0.5) is 0 Å². The molecule has 1 saturated heterocycles. The van der Waals surface area contributed by atoms with Gasteiger partial charge in [0.15, 0.2) is 19.8 Å². The summed E-state index contributed by atoms with van der Waals surface area (Å²) in [7, 11) is 3.77. The first-order chi connectivity index (χ1) is 13.2. The molecule has 2 rings (SSSR count). The fraction of sp³-hybridized carbons (Fsp3) is 0.579. The molecule has 1 aromatic rings. The minimum Gasteiger partial charge on any atom is -0.493 e. The second-order valence-corrected chi connectivity index (χ2v) is 11.9. The third kappa shape index (κ3) is 4.58. The fourth-order valence-electron chi connectivity index (χ4n) is 3.23. The van der Waals surface area contributed by atoms with E-state index in [9.17, 15) is 9.59 Å². The van der Waals surface area contributed by atoms with Crippen molar-refractivity contribution in [3.05, 3.63) is 17.7 Å². The highest BCUT2D eigenvalue weighted by Gasteiger charge is 2.43. The summed E-state index contributed by atoms with van der Waals surface area (Å²) in [5.74, 6) is 0.720. The molecule has 0 unspecified atom stereocenters. The lowest BCUT2D eigenvalue weighted by molar-refractivity contribution is -0.156. The quantitative estimate of drug-likeness (QED) is 0.480. The van der Waals surface area contributed by atoms with Gasteiger partial charge in [0.2, 0.25) is 11.7 Å². The predicted octanol–water partition coefficient (Wildman–Crippen LogP) is 2.73. The second-order valence-electron chi connectivity index (χ2n) is 7.42. The number of nitrogens with zero attached hydrogens (tertiary/aromatic N) is 1. The second kappa shape index (κ2) is 8.83. The minimum absolute atomic E-state index is 0.160. The molecule has 0 saturated carbocycles. The fourth-order valence-corrected chi connectivity index (χ4v) is 4.15. The van der Waals surface area contributed by atoms with E-state index in [0.717, 1.165) is 0 Å². The highest BCUT2D eigenvalue weighted by molar-refractivity contribution is 6.69. The van der Waals surface area contributed by atoms with Crippen LogP contribution in [0.1, 0.15) is 24.6 Å².